The fourth-order valence-corrected chi connectivity index (χ4v) is 2.13. The molecule has 6 nitrogen and oxygen atoms in total. The highest BCUT2D eigenvalue weighted by Crippen LogP contribution is 2.32. The first-order valence-corrected chi connectivity index (χ1v) is 7.23. The molecule has 0 spiro atoms. The van der Waals surface area contributed by atoms with Gasteiger partial charge in [-0.25, -0.2) is 4.79 Å². The topological polar surface area (TPSA) is 96.2 Å². The maximum Gasteiger partial charge on any atom is 0.319 e. The number of para-hydroxylation sites is 1. The molecule has 6 heteroatoms. The quantitative estimate of drug-likeness (QED) is 0.630. The number of amides is 3. The molecule has 1 fully saturated rings. The first-order chi connectivity index (χ1) is 10.1. The van der Waals surface area contributed by atoms with Gasteiger partial charge in [-0.1, -0.05) is 18.2 Å². The van der Waals surface area contributed by atoms with Gasteiger partial charge in [-0.3, -0.25) is 4.79 Å². The zero-order valence-electron chi connectivity index (χ0n) is 12.1. The Hall–Kier alpha value is -2.08. The molecule has 1 aliphatic rings. The van der Waals surface area contributed by atoms with Crippen molar-refractivity contribution in [2.24, 2.45) is 11.7 Å². The highest BCUT2D eigenvalue weighted by molar-refractivity contribution is 5.93. The number of nitrogens with two attached hydrogens (primary N) is 1. The Labute approximate surface area is 124 Å². The summed E-state index contributed by atoms with van der Waals surface area (Å²) in [7, 11) is 0. The van der Waals surface area contributed by atoms with E-state index in [0.717, 1.165) is 12.8 Å². The molecule has 1 aromatic carbocycles. The molecule has 2 atom stereocenters. The van der Waals surface area contributed by atoms with E-state index < -0.39 is 12.1 Å². The third-order valence-electron chi connectivity index (χ3n) is 3.55. The van der Waals surface area contributed by atoms with Crippen molar-refractivity contribution in [3.05, 3.63) is 30.3 Å². The summed E-state index contributed by atoms with van der Waals surface area (Å²) in [5.41, 5.74) is 6.33. The minimum absolute atomic E-state index is 0.0129. The number of nitrogens with one attached hydrogen (secondary N) is 3. The number of hydrogen-bond donors (Lipinski definition) is 4. The van der Waals surface area contributed by atoms with Crippen molar-refractivity contribution in [2.45, 2.75) is 31.8 Å². The number of urea groups is 1. The number of rotatable bonds is 6. The van der Waals surface area contributed by atoms with Gasteiger partial charge >= 0.3 is 6.03 Å². The van der Waals surface area contributed by atoms with Gasteiger partial charge in [-0.15, -0.1) is 0 Å². The van der Waals surface area contributed by atoms with Crippen LogP contribution in [0.25, 0.3) is 0 Å². The van der Waals surface area contributed by atoms with Gasteiger partial charge in [-0.05, 0) is 37.8 Å². The second-order valence-electron chi connectivity index (χ2n) is 5.37. The molecule has 21 heavy (non-hydrogen) atoms. The third kappa shape index (κ3) is 4.75. The smallest absolute Gasteiger partial charge is 0.319 e. The highest BCUT2D eigenvalue weighted by Gasteiger charge is 2.32. The molecule has 0 bridgehead atoms. The monoisotopic (exact) mass is 290 g/mol. The van der Waals surface area contributed by atoms with Gasteiger partial charge in [0.2, 0.25) is 5.91 Å². The fourth-order valence-electron chi connectivity index (χ4n) is 2.13. The van der Waals surface area contributed by atoms with Crippen LogP contribution < -0.4 is 21.7 Å². The van der Waals surface area contributed by atoms with Gasteiger partial charge in [0.15, 0.2) is 0 Å². The normalized spacial score (nSPS) is 16.7. The minimum atomic E-state index is -0.610. The zero-order chi connectivity index (χ0) is 15.2. The van der Waals surface area contributed by atoms with E-state index in [4.69, 9.17) is 5.73 Å². The average Bonchev–Trinajstić information content (AvgIpc) is 3.29. The van der Waals surface area contributed by atoms with Crippen molar-refractivity contribution in [1.82, 2.24) is 10.6 Å². The van der Waals surface area contributed by atoms with E-state index in [1.54, 1.807) is 19.1 Å². The Morgan fingerprint density at radius 2 is 1.90 bits per heavy atom. The Morgan fingerprint density at radius 3 is 2.48 bits per heavy atom. The van der Waals surface area contributed by atoms with Crippen LogP contribution in [0.5, 0.6) is 0 Å². The summed E-state index contributed by atoms with van der Waals surface area (Å²) in [6.45, 7) is 2.08. The summed E-state index contributed by atoms with van der Waals surface area (Å²) in [6.07, 6.45) is 2.22. The first kappa shape index (κ1) is 15.3. The number of benzene rings is 1. The second-order valence-corrected chi connectivity index (χ2v) is 5.37. The molecular formula is C15H22N4O2. The summed E-state index contributed by atoms with van der Waals surface area (Å²) in [5.74, 6) is 0.282. The van der Waals surface area contributed by atoms with Gasteiger partial charge in [0.25, 0.3) is 0 Å². The zero-order valence-corrected chi connectivity index (χ0v) is 12.1. The highest BCUT2D eigenvalue weighted by atomic mass is 16.2. The molecule has 2 rings (SSSR count). The van der Waals surface area contributed by atoms with Crippen LogP contribution in [-0.4, -0.2) is 30.6 Å². The summed E-state index contributed by atoms with van der Waals surface area (Å²) in [4.78, 5) is 23.8. The fraction of sp³-hybridized carbons (Fsp3) is 0.467. The molecule has 1 aliphatic carbocycles. The Morgan fingerprint density at radius 1 is 1.24 bits per heavy atom. The molecule has 1 saturated carbocycles. The number of carbonyl (C=O) groups excluding carboxylic acids is 2. The summed E-state index contributed by atoms with van der Waals surface area (Å²) < 4.78 is 0. The lowest BCUT2D eigenvalue weighted by Gasteiger charge is -2.20. The van der Waals surface area contributed by atoms with Crippen LogP contribution in [0.2, 0.25) is 0 Å². The lowest BCUT2D eigenvalue weighted by Crippen LogP contribution is -2.51. The van der Waals surface area contributed by atoms with Crippen LogP contribution in [-0.2, 0) is 4.79 Å². The molecule has 3 amide bonds. The minimum Gasteiger partial charge on any atom is -0.350 e. The van der Waals surface area contributed by atoms with Crippen LogP contribution >= 0.6 is 0 Å². The molecule has 5 N–H and O–H groups in total. The molecule has 1 aromatic rings. The van der Waals surface area contributed by atoms with E-state index in [1.165, 1.54) is 0 Å². The standard InChI is InChI=1S/C15H22N4O2/c1-10(14(20)19-13(9-16)11-7-8-11)17-15(21)18-12-5-3-2-4-6-12/h2-6,10-11,13H,7-9,16H2,1H3,(H,19,20)(H2,17,18,21). The van der Waals surface area contributed by atoms with E-state index in [1.807, 2.05) is 18.2 Å². The molecule has 2 unspecified atom stereocenters. The van der Waals surface area contributed by atoms with E-state index in [2.05, 4.69) is 16.0 Å². The Kier molecular flexibility index (Phi) is 5.16. The van der Waals surface area contributed by atoms with Gasteiger partial charge in [0, 0.05) is 18.3 Å². The van der Waals surface area contributed by atoms with Gasteiger partial charge in [0.1, 0.15) is 6.04 Å². The Balaban J connectivity index is 1.78. The number of carbonyl (C=O) groups is 2. The molecule has 0 aromatic heterocycles. The summed E-state index contributed by atoms with van der Waals surface area (Å²) in [5, 5.41) is 8.18. The van der Waals surface area contributed by atoms with Crippen molar-refractivity contribution in [3.63, 3.8) is 0 Å². The van der Waals surface area contributed by atoms with Crippen LogP contribution in [0, 0.1) is 5.92 Å². The van der Waals surface area contributed by atoms with E-state index in [9.17, 15) is 9.59 Å². The van der Waals surface area contributed by atoms with Gasteiger partial charge < -0.3 is 21.7 Å². The lowest BCUT2D eigenvalue weighted by atomic mass is 10.1. The van der Waals surface area contributed by atoms with Crippen LogP contribution in [0.15, 0.2) is 30.3 Å². The predicted molar refractivity (Wildman–Crippen MR) is 81.8 cm³/mol. The van der Waals surface area contributed by atoms with Crippen LogP contribution in [0.4, 0.5) is 10.5 Å². The molecule has 114 valence electrons. The molecule has 0 heterocycles. The second kappa shape index (κ2) is 7.08. The molecule has 0 radical (unpaired) electrons. The summed E-state index contributed by atoms with van der Waals surface area (Å²) >= 11 is 0. The van der Waals surface area contributed by atoms with Crippen LogP contribution in [0.1, 0.15) is 19.8 Å². The molecular weight excluding hydrogens is 268 g/mol. The largest absolute Gasteiger partial charge is 0.350 e. The van der Waals surface area contributed by atoms with E-state index in [0.29, 0.717) is 18.2 Å². The van der Waals surface area contributed by atoms with Crippen molar-refractivity contribution >= 4 is 17.6 Å². The SMILES string of the molecule is CC(NC(=O)Nc1ccccc1)C(=O)NC(CN)C1CC1. The maximum atomic E-state index is 12.0. The molecule has 0 aliphatic heterocycles. The van der Waals surface area contributed by atoms with Crippen LogP contribution in [0.3, 0.4) is 0 Å². The number of hydrogen-bond acceptors (Lipinski definition) is 3. The van der Waals surface area contributed by atoms with Crippen molar-refractivity contribution < 1.29 is 9.59 Å². The van der Waals surface area contributed by atoms with Gasteiger partial charge in [0.05, 0.1) is 0 Å². The number of anilines is 1. The van der Waals surface area contributed by atoms with E-state index >= 15 is 0 Å². The third-order valence-corrected chi connectivity index (χ3v) is 3.55. The maximum absolute atomic E-state index is 12.0. The average molecular weight is 290 g/mol. The van der Waals surface area contributed by atoms with Crippen molar-refractivity contribution in [1.29, 1.82) is 0 Å². The first-order valence-electron chi connectivity index (χ1n) is 7.23. The lowest BCUT2D eigenvalue weighted by molar-refractivity contribution is -0.123. The van der Waals surface area contributed by atoms with Gasteiger partial charge in [-0.2, -0.15) is 0 Å². The predicted octanol–water partition coefficient (Wildman–Crippen LogP) is 1.05. The van der Waals surface area contributed by atoms with Crippen molar-refractivity contribution in [3.8, 4) is 0 Å². The Bertz CT molecular complexity index is 488. The van der Waals surface area contributed by atoms with Crippen molar-refractivity contribution in [2.75, 3.05) is 11.9 Å². The summed E-state index contributed by atoms with van der Waals surface area (Å²) in [6, 6.07) is 8.08. The molecule has 0 saturated heterocycles. The van der Waals surface area contributed by atoms with E-state index in [-0.39, 0.29) is 11.9 Å².